The van der Waals surface area contributed by atoms with Crippen LogP contribution in [0.1, 0.15) is 13.8 Å². The second-order valence-corrected chi connectivity index (χ2v) is 5.14. The lowest BCUT2D eigenvalue weighted by molar-refractivity contribution is -0.119. The predicted octanol–water partition coefficient (Wildman–Crippen LogP) is 3.16. The second-order valence-electron chi connectivity index (χ2n) is 3.88. The number of rotatable bonds is 3. The molecule has 6 heteroatoms. The topological polar surface area (TPSA) is 55.1 Å². The van der Waals surface area contributed by atoms with Crippen LogP contribution in [0.4, 0.5) is 10.1 Å². The Morgan fingerprint density at radius 2 is 2.12 bits per heavy atom. The first kappa shape index (κ1) is 14.4. The van der Waals surface area contributed by atoms with Crippen LogP contribution in [0.15, 0.2) is 16.6 Å². The molecule has 0 bridgehead atoms. The highest BCUT2D eigenvalue weighted by Gasteiger charge is 2.19. The van der Waals surface area contributed by atoms with Gasteiger partial charge in [0.1, 0.15) is 5.82 Å². The van der Waals surface area contributed by atoms with E-state index in [0.717, 1.165) is 6.07 Å². The quantitative estimate of drug-likeness (QED) is 0.897. The first-order valence-electron chi connectivity index (χ1n) is 5.04. The normalized spacial score (nSPS) is 14.2. The minimum Gasteiger partial charge on any atom is -0.327 e. The van der Waals surface area contributed by atoms with Crippen LogP contribution < -0.4 is 11.1 Å². The molecule has 17 heavy (non-hydrogen) atoms. The van der Waals surface area contributed by atoms with Gasteiger partial charge in [-0.05, 0) is 35.0 Å². The number of nitrogens with one attached hydrogen (secondary N) is 1. The SMILES string of the molecule is CC(N)C(C)C(=O)Nc1c(Cl)cc(F)cc1Br. The maximum absolute atomic E-state index is 13.0. The van der Waals surface area contributed by atoms with Gasteiger partial charge in [0.25, 0.3) is 0 Å². The van der Waals surface area contributed by atoms with E-state index in [0.29, 0.717) is 10.2 Å². The maximum Gasteiger partial charge on any atom is 0.228 e. The van der Waals surface area contributed by atoms with E-state index in [2.05, 4.69) is 21.2 Å². The lowest BCUT2D eigenvalue weighted by Crippen LogP contribution is -2.34. The minimum absolute atomic E-state index is 0.141. The third-order valence-corrected chi connectivity index (χ3v) is 3.38. The third kappa shape index (κ3) is 3.66. The molecule has 0 spiro atoms. The Bertz CT molecular complexity index is 416. The summed E-state index contributed by atoms with van der Waals surface area (Å²) in [7, 11) is 0. The van der Waals surface area contributed by atoms with Crippen molar-refractivity contribution in [3.63, 3.8) is 0 Å². The van der Waals surface area contributed by atoms with E-state index < -0.39 is 5.82 Å². The molecule has 0 saturated heterocycles. The summed E-state index contributed by atoms with van der Waals surface area (Å²) in [5.41, 5.74) is 5.98. The molecular weight excluding hydrogens is 310 g/mol. The molecule has 0 fully saturated rings. The third-order valence-electron chi connectivity index (χ3n) is 2.46. The molecule has 94 valence electrons. The molecule has 2 unspecified atom stereocenters. The van der Waals surface area contributed by atoms with Gasteiger partial charge in [-0.2, -0.15) is 0 Å². The summed E-state index contributed by atoms with van der Waals surface area (Å²) in [4.78, 5) is 11.8. The fourth-order valence-electron chi connectivity index (χ4n) is 1.14. The van der Waals surface area contributed by atoms with E-state index >= 15 is 0 Å². The Morgan fingerprint density at radius 3 is 2.59 bits per heavy atom. The summed E-state index contributed by atoms with van der Waals surface area (Å²) in [5, 5.41) is 2.76. The minimum atomic E-state index is -0.472. The summed E-state index contributed by atoms with van der Waals surface area (Å²) in [6, 6.07) is 2.10. The van der Waals surface area contributed by atoms with Crippen LogP contribution in [0, 0.1) is 11.7 Å². The van der Waals surface area contributed by atoms with Crippen molar-refractivity contribution in [3.8, 4) is 0 Å². The Labute approximate surface area is 113 Å². The van der Waals surface area contributed by atoms with Crippen LogP contribution in [0.2, 0.25) is 5.02 Å². The van der Waals surface area contributed by atoms with Crippen LogP contribution in [-0.4, -0.2) is 11.9 Å². The highest BCUT2D eigenvalue weighted by Crippen LogP contribution is 2.32. The van der Waals surface area contributed by atoms with Crippen molar-refractivity contribution in [1.82, 2.24) is 0 Å². The smallest absolute Gasteiger partial charge is 0.228 e. The lowest BCUT2D eigenvalue weighted by Gasteiger charge is -2.16. The van der Waals surface area contributed by atoms with E-state index in [4.69, 9.17) is 17.3 Å². The summed E-state index contributed by atoms with van der Waals surface area (Å²) in [6.07, 6.45) is 0. The number of carbonyl (C=O) groups excluding carboxylic acids is 1. The van der Waals surface area contributed by atoms with Crippen molar-refractivity contribution < 1.29 is 9.18 Å². The fourth-order valence-corrected chi connectivity index (χ4v) is 2.04. The van der Waals surface area contributed by atoms with E-state index in [1.807, 2.05) is 0 Å². The van der Waals surface area contributed by atoms with Crippen LogP contribution in [0.3, 0.4) is 0 Å². The monoisotopic (exact) mass is 322 g/mol. The maximum atomic E-state index is 13.0. The highest BCUT2D eigenvalue weighted by atomic mass is 79.9. The lowest BCUT2D eigenvalue weighted by atomic mass is 10.0. The zero-order valence-electron chi connectivity index (χ0n) is 9.43. The molecule has 1 rings (SSSR count). The van der Waals surface area contributed by atoms with Gasteiger partial charge in [-0.1, -0.05) is 18.5 Å². The molecule has 3 N–H and O–H groups in total. The zero-order chi connectivity index (χ0) is 13.2. The first-order chi connectivity index (χ1) is 7.82. The number of benzene rings is 1. The Morgan fingerprint density at radius 1 is 1.53 bits per heavy atom. The van der Waals surface area contributed by atoms with E-state index in [-0.39, 0.29) is 22.9 Å². The second kappa shape index (κ2) is 5.80. The van der Waals surface area contributed by atoms with Crippen LogP contribution >= 0.6 is 27.5 Å². The van der Waals surface area contributed by atoms with Crippen LogP contribution in [-0.2, 0) is 4.79 Å². The van der Waals surface area contributed by atoms with E-state index in [1.54, 1.807) is 13.8 Å². The summed E-state index contributed by atoms with van der Waals surface area (Å²) in [5.74, 6) is -1.09. The predicted molar refractivity (Wildman–Crippen MR) is 70.6 cm³/mol. The number of carbonyl (C=O) groups is 1. The molecule has 0 aliphatic carbocycles. The van der Waals surface area contributed by atoms with Crippen molar-refractivity contribution in [3.05, 3.63) is 27.4 Å². The molecule has 1 amide bonds. The van der Waals surface area contributed by atoms with Gasteiger partial charge in [-0.15, -0.1) is 0 Å². The molecular formula is C11H13BrClFN2O. The molecule has 0 aliphatic heterocycles. The van der Waals surface area contributed by atoms with Gasteiger partial charge in [0.05, 0.1) is 16.6 Å². The number of halogens is 3. The Hall–Kier alpha value is -0.650. The first-order valence-corrected chi connectivity index (χ1v) is 6.21. The average Bonchev–Trinajstić information content (AvgIpc) is 2.21. The fraction of sp³-hybridized carbons (Fsp3) is 0.364. The summed E-state index contributed by atoms with van der Waals surface area (Å²) < 4.78 is 13.4. The van der Waals surface area contributed by atoms with Crippen molar-refractivity contribution in [2.24, 2.45) is 11.7 Å². The van der Waals surface area contributed by atoms with E-state index in [1.165, 1.54) is 6.07 Å². The molecule has 3 nitrogen and oxygen atoms in total. The van der Waals surface area contributed by atoms with Gasteiger partial charge in [-0.25, -0.2) is 4.39 Å². The van der Waals surface area contributed by atoms with Crippen molar-refractivity contribution in [2.75, 3.05) is 5.32 Å². The van der Waals surface area contributed by atoms with Gasteiger partial charge < -0.3 is 11.1 Å². The number of nitrogens with two attached hydrogens (primary N) is 1. The van der Waals surface area contributed by atoms with Gasteiger partial charge >= 0.3 is 0 Å². The number of hydrogen-bond acceptors (Lipinski definition) is 2. The number of amides is 1. The molecule has 0 radical (unpaired) electrons. The molecule has 1 aromatic rings. The Kier molecular flexibility index (Phi) is 4.91. The molecule has 0 aromatic heterocycles. The molecule has 0 aliphatic rings. The van der Waals surface area contributed by atoms with Gasteiger partial charge in [0.2, 0.25) is 5.91 Å². The molecule has 0 heterocycles. The van der Waals surface area contributed by atoms with Crippen molar-refractivity contribution in [2.45, 2.75) is 19.9 Å². The molecule has 2 atom stereocenters. The number of hydrogen-bond donors (Lipinski definition) is 2. The van der Waals surface area contributed by atoms with Crippen molar-refractivity contribution >= 4 is 39.1 Å². The number of anilines is 1. The van der Waals surface area contributed by atoms with Crippen molar-refractivity contribution in [1.29, 1.82) is 0 Å². The highest BCUT2D eigenvalue weighted by molar-refractivity contribution is 9.10. The summed E-state index contributed by atoms with van der Waals surface area (Å²) in [6.45, 7) is 3.46. The molecule has 1 aromatic carbocycles. The Balaban J connectivity index is 2.93. The largest absolute Gasteiger partial charge is 0.327 e. The van der Waals surface area contributed by atoms with Gasteiger partial charge in [0.15, 0.2) is 0 Å². The van der Waals surface area contributed by atoms with E-state index in [9.17, 15) is 9.18 Å². The van der Waals surface area contributed by atoms with Gasteiger partial charge in [-0.3, -0.25) is 4.79 Å². The molecule has 0 saturated carbocycles. The van der Waals surface area contributed by atoms with Gasteiger partial charge in [0, 0.05) is 10.5 Å². The zero-order valence-corrected chi connectivity index (χ0v) is 11.8. The van der Waals surface area contributed by atoms with Crippen LogP contribution in [0.5, 0.6) is 0 Å². The average molecular weight is 324 g/mol. The standard InChI is InChI=1S/C11H13BrClFN2O/c1-5(6(2)15)11(17)16-10-8(12)3-7(14)4-9(10)13/h3-6H,15H2,1-2H3,(H,16,17). The van der Waals surface area contributed by atoms with Crippen LogP contribution in [0.25, 0.3) is 0 Å². The summed E-state index contributed by atoms with van der Waals surface area (Å²) >= 11 is 8.99.